The number of nitrogens with zero attached hydrogens (tertiary/aromatic N) is 2. The molecule has 3 nitrogen and oxygen atoms in total. The normalized spacial score (nSPS) is 10.8. The quantitative estimate of drug-likeness (QED) is 0.685. The zero-order chi connectivity index (χ0) is 12.5. The molecule has 2 aromatic heterocycles. The highest BCUT2D eigenvalue weighted by atomic mass is 16.5. The average molecular weight is 238 g/mol. The number of aromatic nitrogens is 2. The lowest BCUT2D eigenvalue weighted by molar-refractivity contribution is 0.415. The molecule has 0 saturated carbocycles. The van der Waals surface area contributed by atoms with Crippen LogP contribution in [-0.4, -0.2) is 16.7 Å². The number of benzene rings is 1. The Hall–Kier alpha value is -2.29. The minimum absolute atomic E-state index is 0.843. The summed E-state index contributed by atoms with van der Waals surface area (Å²) in [6, 6.07) is 12.4. The molecule has 0 unspecified atom stereocenters. The van der Waals surface area contributed by atoms with Gasteiger partial charge in [-0.15, -0.1) is 0 Å². The van der Waals surface area contributed by atoms with Gasteiger partial charge in [0.2, 0.25) is 0 Å². The van der Waals surface area contributed by atoms with Crippen LogP contribution >= 0.6 is 0 Å². The highest BCUT2D eigenvalue weighted by molar-refractivity contribution is 5.87. The number of pyridine rings is 1. The van der Waals surface area contributed by atoms with Crippen LogP contribution < -0.4 is 4.74 Å². The van der Waals surface area contributed by atoms with Crippen molar-refractivity contribution >= 4 is 10.9 Å². The Morgan fingerprint density at radius 3 is 2.78 bits per heavy atom. The van der Waals surface area contributed by atoms with Crippen molar-refractivity contribution in [2.24, 2.45) is 7.05 Å². The van der Waals surface area contributed by atoms with Crippen LogP contribution in [0.25, 0.3) is 22.2 Å². The number of para-hydroxylation sites is 1. The van der Waals surface area contributed by atoms with E-state index in [1.54, 1.807) is 13.3 Å². The Labute approximate surface area is 106 Å². The fourth-order valence-corrected chi connectivity index (χ4v) is 2.30. The third kappa shape index (κ3) is 1.56. The molecule has 0 bridgehead atoms. The first-order valence-electron chi connectivity index (χ1n) is 5.84. The Kier molecular flexibility index (Phi) is 2.52. The minimum Gasteiger partial charge on any atom is -0.496 e. The molecule has 0 aliphatic heterocycles. The van der Waals surface area contributed by atoms with Crippen molar-refractivity contribution in [3.8, 4) is 17.0 Å². The highest BCUT2D eigenvalue weighted by Gasteiger charge is 2.11. The second kappa shape index (κ2) is 4.18. The standard InChI is InChI=1S/C15H14N2O/c1-17-13-6-4-3-5-11(13)9-14(17)12-10-16-8-7-15(12)18-2/h3-10H,1-2H3. The number of aryl methyl sites for hydroxylation is 1. The van der Waals surface area contributed by atoms with Gasteiger partial charge in [-0.2, -0.15) is 0 Å². The van der Waals surface area contributed by atoms with E-state index >= 15 is 0 Å². The number of hydrogen-bond donors (Lipinski definition) is 0. The average Bonchev–Trinajstić information content (AvgIpc) is 2.76. The van der Waals surface area contributed by atoms with Crippen LogP contribution in [0.2, 0.25) is 0 Å². The Bertz CT molecular complexity index is 701. The van der Waals surface area contributed by atoms with E-state index in [0.29, 0.717) is 0 Å². The van der Waals surface area contributed by atoms with Crippen molar-refractivity contribution in [2.75, 3.05) is 7.11 Å². The van der Waals surface area contributed by atoms with Crippen LogP contribution in [0.15, 0.2) is 48.8 Å². The van der Waals surface area contributed by atoms with E-state index in [4.69, 9.17) is 4.74 Å². The van der Waals surface area contributed by atoms with Crippen molar-refractivity contribution in [3.63, 3.8) is 0 Å². The molecule has 3 heteroatoms. The summed E-state index contributed by atoms with van der Waals surface area (Å²) in [6.07, 6.45) is 3.58. The lowest BCUT2D eigenvalue weighted by Crippen LogP contribution is -1.94. The predicted octanol–water partition coefficient (Wildman–Crippen LogP) is 3.25. The van der Waals surface area contributed by atoms with Crippen molar-refractivity contribution < 1.29 is 4.74 Å². The summed E-state index contributed by atoms with van der Waals surface area (Å²) < 4.78 is 7.56. The van der Waals surface area contributed by atoms with Gasteiger partial charge in [-0.1, -0.05) is 18.2 Å². The Balaban J connectivity index is 2.28. The van der Waals surface area contributed by atoms with Crippen molar-refractivity contribution in [1.29, 1.82) is 0 Å². The third-order valence-corrected chi connectivity index (χ3v) is 3.23. The zero-order valence-electron chi connectivity index (χ0n) is 10.4. The van der Waals surface area contributed by atoms with Crippen LogP contribution in [-0.2, 0) is 7.05 Å². The second-order valence-corrected chi connectivity index (χ2v) is 4.22. The van der Waals surface area contributed by atoms with Gasteiger partial charge in [0.25, 0.3) is 0 Å². The molecule has 0 aliphatic rings. The molecule has 0 spiro atoms. The van der Waals surface area contributed by atoms with Crippen molar-refractivity contribution in [2.45, 2.75) is 0 Å². The lowest BCUT2D eigenvalue weighted by atomic mass is 10.2. The summed E-state index contributed by atoms with van der Waals surface area (Å²) in [5.41, 5.74) is 3.33. The minimum atomic E-state index is 0.843. The molecule has 2 heterocycles. The fraction of sp³-hybridized carbons (Fsp3) is 0.133. The lowest BCUT2D eigenvalue weighted by Gasteiger charge is -2.08. The number of hydrogen-bond acceptors (Lipinski definition) is 2. The maximum atomic E-state index is 5.40. The first-order chi connectivity index (χ1) is 8.81. The van der Waals surface area contributed by atoms with Crippen LogP contribution in [0.3, 0.4) is 0 Å². The predicted molar refractivity (Wildman–Crippen MR) is 72.7 cm³/mol. The van der Waals surface area contributed by atoms with E-state index in [2.05, 4.69) is 34.8 Å². The summed E-state index contributed by atoms with van der Waals surface area (Å²) in [5, 5.41) is 1.22. The van der Waals surface area contributed by atoms with Gasteiger partial charge in [-0.25, -0.2) is 0 Å². The Morgan fingerprint density at radius 2 is 2.00 bits per heavy atom. The third-order valence-electron chi connectivity index (χ3n) is 3.23. The molecule has 18 heavy (non-hydrogen) atoms. The molecule has 0 fully saturated rings. The van der Waals surface area contributed by atoms with Gasteiger partial charge >= 0.3 is 0 Å². The van der Waals surface area contributed by atoms with Crippen molar-refractivity contribution in [1.82, 2.24) is 9.55 Å². The smallest absolute Gasteiger partial charge is 0.131 e. The van der Waals surface area contributed by atoms with E-state index in [0.717, 1.165) is 17.0 Å². The van der Waals surface area contributed by atoms with Gasteiger partial charge in [-0.3, -0.25) is 4.98 Å². The number of ether oxygens (including phenoxy) is 1. The fourth-order valence-electron chi connectivity index (χ4n) is 2.30. The molecule has 0 amide bonds. The summed E-state index contributed by atoms with van der Waals surface area (Å²) in [4.78, 5) is 4.19. The molecule has 3 rings (SSSR count). The maximum absolute atomic E-state index is 5.40. The molecular weight excluding hydrogens is 224 g/mol. The maximum Gasteiger partial charge on any atom is 0.131 e. The van der Waals surface area contributed by atoms with Gasteiger partial charge in [0.05, 0.1) is 18.4 Å². The Morgan fingerprint density at radius 1 is 1.17 bits per heavy atom. The number of fused-ring (bicyclic) bond motifs is 1. The molecule has 0 radical (unpaired) electrons. The first-order valence-corrected chi connectivity index (χ1v) is 5.84. The van der Waals surface area contributed by atoms with Crippen LogP contribution in [0.4, 0.5) is 0 Å². The number of rotatable bonds is 2. The van der Waals surface area contributed by atoms with Gasteiger partial charge in [-0.05, 0) is 18.2 Å². The molecule has 0 aliphatic carbocycles. The van der Waals surface area contributed by atoms with Crippen LogP contribution in [0, 0.1) is 0 Å². The van der Waals surface area contributed by atoms with E-state index in [1.165, 1.54) is 10.9 Å². The summed E-state index contributed by atoms with van der Waals surface area (Å²) in [6.45, 7) is 0. The van der Waals surface area contributed by atoms with Gasteiger partial charge in [0.1, 0.15) is 5.75 Å². The van der Waals surface area contributed by atoms with Gasteiger partial charge in [0.15, 0.2) is 0 Å². The summed E-state index contributed by atoms with van der Waals surface area (Å²) in [7, 11) is 3.74. The zero-order valence-corrected chi connectivity index (χ0v) is 10.4. The van der Waals surface area contributed by atoms with E-state index in [9.17, 15) is 0 Å². The molecular formula is C15H14N2O. The molecule has 90 valence electrons. The molecule has 0 atom stereocenters. The van der Waals surface area contributed by atoms with Crippen LogP contribution in [0.5, 0.6) is 5.75 Å². The highest BCUT2D eigenvalue weighted by Crippen LogP contribution is 2.32. The largest absolute Gasteiger partial charge is 0.496 e. The topological polar surface area (TPSA) is 27.1 Å². The summed E-state index contributed by atoms with van der Waals surface area (Å²) in [5.74, 6) is 0.843. The molecule has 0 saturated heterocycles. The van der Waals surface area contributed by atoms with Gasteiger partial charge in [0, 0.05) is 30.3 Å². The molecule has 0 N–H and O–H groups in total. The van der Waals surface area contributed by atoms with E-state index in [1.807, 2.05) is 24.4 Å². The molecule has 1 aromatic carbocycles. The summed E-state index contributed by atoms with van der Waals surface area (Å²) >= 11 is 0. The second-order valence-electron chi connectivity index (χ2n) is 4.22. The molecule has 3 aromatic rings. The van der Waals surface area contributed by atoms with E-state index < -0.39 is 0 Å². The SMILES string of the molecule is COc1ccncc1-c1cc2ccccc2n1C. The first kappa shape index (κ1) is 10.8. The van der Waals surface area contributed by atoms with Crippen molar-refractivity contribution in [3.05, 3.63) is 48.8 Å². The van der Waals surface area contributed by atoms with Gasteiger partial charge < -0.3 is 9.30 Å². The number of methoxy groups -OCH3 is 1. The van der Waals surface area contributed by atoms with Crippen LogP contribution in [0.1, 0.15) is 0 Å². The monoisotopic (exact) mass is 238 g/mol. The van der Waals surface area contributed by atoms with E-state index in [-0.39, 0.29) is 0 Å².